The van der Waals surface area contributed by atoms with Crippen molar-refractivity contribution >= 4 is 5.91 Å². The van der Waals surface area contributed by atoms with E-state index in [4.69, 9.17) is 10.5 Å². The topological polar surface area (TPSA) is 64.4 Å². The Morgan fingerprint density at radius 3 is 2.67 bits per heavy atom. The third-order valence-corrected chi connectivity index (χ3v) is 4.38. The molecular weight excluding hydrogens is 228 g/mol. The molecule has 2 fully saturated rings. The smallest absolute Gasteiger partial charge is 0.220 e. The molecule has 0 aromatic carbocycles. The van der Waals surface area contributed by atoms with Gasteiger partial charge in [0.25, 0.3) is 0 Å². The number of rotatable bonds is 5. The van der Waals surface area contributed by atoms with Crippen molar-refractivity contribution in [3.05, 3.63) is 0 Å². The van der Waals surface area contributed by atoms with Crippen LogP contribution in [0, 0.1) is 11.8 Å². The van der Waals surface area contributed by atoms with Crippen LogP contribution in [0.2, 0.25) is 0 Å². The molecule has 104 valence electrons. The summed E-state index contributed by atoms with van der Waals surface area (Å²) in [6.45, 7) is 2.58. The molecule has 0 unspecified atom stereocenters. The predicted molar refractivity (Wildman–Crippen MR) is 71.1 cm³/mol. The highest BCUT2D eigenvalue weighted by Gasteiger charge is 2.25. The molecule has 1 amide bonds. The second kappa shape index (κ2) is 7.10. The van der Waals surface area contributed by atoms with Crippen LogP contribution in [-0.4, -0.2) is 31.7 Å². The normalized spacial score (nSPS) is 29.4. The number of nitrogens with two attached hydrogens (primary N) is 1. The van der Waals surface area contributed by atoms with Crippen LogP contribution >= 0.6 is 0 Å². The van der Waals surface area contributed by atoms with E-state index in [0.717, 1.165) is 57.8 Å². The Labute approximate surface area is 110 Å². The van der Waals surface area contributed by atoms with Gasteiger partial charge in [0, 0.05) is 32.2 Å². The number of hydrogen-bond acceptors (Lipinski definition) is 3. The third kappa shape index (κ3) is 4.25. The zero-order valence-electron chi connectivity index (χ0n) is 11.2. The Hall–Kier alpha value is -0.610. The Morgan fingerprint density at radius 2 is 2.00 bits per heavy atom. The lowest BCUT2D eigenvalue weighted by atomic mass is 9.96. The zero-order valence-corrected chi connectivity index (χ0v) is 11.2. The minimum atomic E-state index is 0.185. The second-order valence-electron chi connectivity index (χ2n) is 5.75. The predicted octanol–water partition coefficient (Wildman–Crippen LogP) is 1.44. The van der Waals surface area contributed by atoms with E-state index in [9.17, 15) is 4.79 Å². The highest BCUT2D eigenvalue weighted by Crippen LogP contribution is 2.26. The summed E-state index contributed by atoms with van der Waals surface area (Å²) >= 11 is 0. The lowest BCUT2D eigenvalue weighted by Gasteiger charge is -2.22. The van der Waals surface area contributed by atoms with Gasteiger partial charge in [0.15, 0.2) is 0 Å². The fraction of sp³-hybridized carbons (Fsp3) is 0.929. The first kappa shape index (κ1) is 13.8. The summed E-state index contributed by atoms with van der Waals surface area (Å²) in [5.74, 6) is 1.32. The molecule has 2 atom stereocenters. The first-order valence-corrected chi connectivity index (χ1v) is 7.35. The van der Waals surface area contributed by atoms with E-state index < -0.39 is 0 Å². The minimum absolute atomic E-state index is 0.185. The van der Waals surface area contributed by atoms with Crippen molar-refractivity contribution in [1.82, 2.24) is 5.32 Å². The van der Waals surface area contributed by atoms with Crippen molar-refractivity contribution in [1.29, 1.82) is 0 Å². The van der Waals surface area contributed by atoms with Gasteiger partial charge in [0.05, 0.1) is 0 Å². The zero-order chi connectivity index (χ0) is 12.8. The van der Waals surface area contributed by atoms with Crippen molar-refractivity contribution in [2.75, 3.05) is 19.8 Å². The molecule has 2 aliphatic rings. The molecule has 4 nitrogen and oxygen atoms in total. The fourth-order valence-corrected chi connectivity index (χ4v) is 3.08. The van der Waals surface area contributed by atoms with E-state index in [1.807, 2.05) is 0 Å². The van der Waals surface area contributed by atoms with Crippen molar-refractivity contribution in [2.45, 2.75) is 51.0 Å². The highest BCUT2D eigenvalue weighted by molar-refractivity contribution is 5.76. The number of nitrogens with one attached hydrogen (secondary N) is 1. The van der Waals surface area contributed by atoms with Crippen LogP contribution in [0.4, 0.5) is 0 Å². The van der Waals surface area contributed by atoms with E-state index in [-0.39, 0.29) is 11.9 Å². The first-order valence-electron chi connectivity index (χ1n) is 7.35. The van der Waals surface area contributed by atoms with Crippen LogP contribution in [0.15, 0.2) is 0 Å². The van der Waals surface area contributed by atoms with Crippen LogP contribution in [0.25, 0.3) is 0 Å². The van der Waals surface area contributed by atoms with Gasteiger partial charge >= 0.3 is 0 Å². The molecule has 1 heterocycles. The second-order valence-corrected chi connectivity index (χ2v) is 5.75. The molecule has 0 radical (unpaired) electrons. The van der Waals surface area contributed by atoms with Gasteiger partial charge in [-0.1, -0.05) is 6.42 Å². The molecule has 0 spiro atoms. The number of carbonyl (C=O) groups is 1. The lowest BCUT2D eigenvalue weighted by molar-refractivity contribution is -0.122. The van der Waals surface area contributed by atoms with Crippen LogP contribution in [0.1, 0.15) is 44.9 Å². The summed E-state index contributed by atoms with van der Waals surface area (Å²) in [4.78, 5) is 11.8. The van der Waals surface area contributed by atoms with Gasteiger partial charge in [-0.25, -0.2) is 0 Å². The van der Waals surface area contributed by atoms with Gasteiger partial charge in [-0.05, 0) is 43.9 Å². The monoisotopic (exact) mass is 254 g/mol. The molecule has 0 aromatic heterocycles. The summed E-state index contributed by atoms with van der Waals surface area (Å²) in [5.41, 5.74) is 5.98. The maximum atomic E-state index is 11.8. The maximum Gasteiger partial charge on any atom is 0.220 e. The minimum Gasteiger partial charge on any atom is -0.381 e. The number of amides is 1. The molecule has 1 aliphatic heterocycles. The van der Waals surface area contributed by atoms with Crippen molar-refractivity contribution in [3.8, 4) is 0 Å². The van der Waals surface area contributed by atoms with Crippen LogP contribution < -0.4 is 11.1 Å². The number of carbonyl (C=O) groups excluding carboxylic acids is 1. The van der Waals surface area contributed by atoms with Gasteiger partial charge in [0.1, 0.15) is 0 Å². The van der Waals surface area contributed by atoms with Crippen LogP contribution in [0.3, 0.4) is 0 Å². The van der Waals surface area contributed by atoms with Crippen LogP contribution in [-0.2, 0) is 9.53 Å². The molecular formula is C14H26N2O2. The van der Waals surface area contributed by atoms with E-state index in [1.54, 1.807) is 0 Å². The standard InChI is InChI=1S/C14H26N2O2/c15-13-3-1-2-12(13)10-14(17)16-7-4-11-5-8-18-9-6-11/h11-13H,1-10,15H2,(H,16,17)/t12-,13+/m0/s1. The SMILES string of the molecule is N[C@@H]1CCC[C@H]1CC(=O)NCCC1CCOCC1. The molecule has 18 heavy (non-hydrogen) atoms. The molecule has 1 saturated heterocycles. The maximum absolute atomic E-state index is 11.8. The van der Waals surface area contributed by atoms with E-state index >= 15 is 0 Å². The summed E-state index contributed by atoms with van der Waals surface area (Å²) in [6.07, 6.45) is 7.38. The number of ether oxygens (including phenoxy) is 1. The molecule has 0 bridgehead atoms. The van der Waals surface area contributed by atoms with E-state index in [1.165, 1.54) is 6.42 Å². The third-order valence-electron chi connectivity index (χ3n) is 4.38. The molecule has 4 heteroatoms. The van der Waals surface area contributed by atoms with Gasteiger partial charge < -0.3 is 15.8 Å². The van der Waals surface area contributed by atoms with Gasteiger partial charge in [-0.2, -0.15) is 0 Å². The summed E-state index contributed by atoms with van der Waals surface area (Å²) < 4.78 is 5.33. The molecule has 3 N–H and O–H groups in total. The average molecular weight is 254 g/mol. The fourth-order valence-electron chi connectivity index (χ4n) is 3.08. The quantitative estimate of drug-likeness (QED) is 0.780. The molecule has 0 aromatic rings. The molecule has 2 rings (SSSR count). The highest BCUT2D eigenvalue weighted by atomic mass is 16.5. The largest absolute Gasteiger partial charge is 0.381 e. The van der Waals surface area contributed by atoms with Gasteiger partial charge in [-0.15, -0.1) is 0 Å². The molecule has 1 aliphatic carbocycles. The first-order chi connectivity index (χ1) is 8.75. The Balaban J connectivity index is 1.56. The van der Waals surface area contributed by atoms with Gasteiger partial charge in [-0.3, -0.25) is 4.79 Å². The Kier molecular flexibility index (Phi) is 5.45. The Bertz CT molecular complexity index is 265. The summed E-state index contributed by atoms with van der Waals surface area (Å²) in [5, 5.41) is 3.04. The van der Waals surface area contributed by atoms with E-state index in [2.05, 4.69) is 5.32 Å². The Morgan fingerprint density at radius 1 is 1.22 bits per heavy atom. The van der Waals surface area contributed by atoms with Crippen molar-refractivity contribution in [3.63, 3.8) is 0 Å². The lowest BCUT2D eigenvalue weighted by Crippen LogP contribution is -2.32. The summed E-state index contributed by atoms with van der Waals surface area (Å²) in [7, 11) is 0. The average Bonchev–Trinajstić information content (AvgIpc) is 2.76. The van der Waals surface area contributed by atoms with Gasteiger partial charge in [0.2, 0.25) is 5.91 Å². The van der Waals surface area contributed by atoms with Crippen molar-refractivity contribution in [2.24, 2.45) is 17.6 Å². The van der Waals surface area contributed by atoms with E-state index in [0.29, 0.717) is 12.3 Å². The van der Waals surface area contributed by atoms with Crippen LogP contribution in [0.5, 0.6) is 0 Å². The summed E-state index contributed by atoms with van der Waals surface area (Å²) in [6, 6.07) is 0.242. The molecule has 1 saturated carbocycles. The van der Waals surface area contributed by atoms with Crippen molar-refractivity contribution < 1.29 is 9.53 Å². The number of hydrogen-bond donors (Lipinski definition) is 2.